The highest BCUT2D eigenvalue weighted by atomic mass is 16.7. The van der Waals surface area contributed by atoms with Crippen molar-refractivity contribution in [2.45, 2.75) is 27.3 Å². The maximum absolute atomic E-state index is 13.1. The van der Waals surface area contributed by atoms with Crippen molar-refractivity contribution in [1.29, 1.82) is 0 Å². The van der Waals surface area contributed by atoms with Gasteiger partial charge < -0.3 is 25.0 Å². The van der Waals surface area contributed by atoms with Crippen LogP contribution in [0, 0.1) is 0 Å². The molecule has 29 heavy (non-hydrogen) atoms. The lowest BCUT2D eigenvalue weighted by molar-refractivity contribution is -0.115. The quantitative estimate of drug-likeness (QED) is 0.781. The molecule has 2 N–H and O–H groups in total. The van der Waals surface area contributed by atoms with Gasteiger partial charge in [0.25, 0.3) is 5.91 Å². The summed E-state index contributed by atoms with van der Waals surface area (Å²) in [4.78, 5) is 37.7. The SMILES string of the molecule is CCN(Cc1ccc2c(c1)OCO2)C(=O)c1cc(NC(C)=O)cc(NC(C)=O)c1. The van der Waals surface area contributed by atoms with Gasteiger partial charge in [0.2, 0.25) is 18.6 Å². The van der Waals surface area contributed by atoms with Crippen LogP contribution in [0.5, 0.6) is 11.5 Å². The molecule has 0 radical (unpaired) electrons. The number of carbonyl (C=O) groups excluding carboxylic acids is 3. The monoisotopic (exact) mass is 397 g/mol. The standard InChI is InChI=1S/C21H23N3O5/c1-4-24(11-15-5-6-19-20(7-15)29-12-28-19)21(27)16-8-17(22-13(2)25)10-18(9-16)23-14(3)26/h5-10H,4,11-12H2,1-3H3,(H,22,25)(H,23,26). The summed E-state index contributed by atoms with van der Waals surface area (Å²) in [6.45, 7) is 5.70. The van der Waals surface area contributed by atoms with E-state index in [1.54, 1.807) is 23.1 Å². The van der Waals surface area contributed by atoms with Crippen molar-refractivity contribution >= 4 is 29.1 Å². The summed E-state index contributed by atoms with van der Waals surface area (Å²) in [5.74, 6) is 0.591. The van der Waals surface area contributed by atoms with Crippen LogP contribution in [0.1, 0.15) is 36.7 Å². The zero-order valence-corrected chi connectivity index (χ0v) is 16.6. The topological polar surface area (TPSA) is 97.0 Å². The maximum Gasteiger partial charge on any atom is 0.254 e. The first kappa shape index (κ1) is 20.2. The molecule has 0 saturated heterocycles. The van der Waals surface area contributed by atoms with Crippen LogP contribution >= 0.6 is 0 Å². The third kappa shape index (κ3) is 5.04. The molecule has 8 nitrogen and oxygen atoms in total. The van der Waals surface area contributed by atoms with Crippen molar-refractivity contribution < 1.29 is 23.9 Å². The number of carbonyl (C=O) groups is 3. The number of nitrogens with one attached hydrogen (secondary N) is 2. The number of anilines is 2. The van der Waals surface area contributed by atoms with Crippen LogP contribution in [0.2, 0.25) is 0 Å². The highest BCUT2D eigenvalue weighted by molar-refractivity contribution is 6.00. The fourth-order valence-corrected chi connectivity index (χ4v) is 3.07. The van der Waals surface area contributed by atoms with Gasteiger partial charge in [-0.25, -0.2) is 0 Å². The first-order chi connectivity index (χ1) is 13.9. The molecule has 1 heterocycles. The molecule has 0 aliphatic carbocycles. The number of benzene rings is 2. The van der Waals surface area contributed by atoms with E-state index in [1.807, 2.05) is 25.1 Å². The lowest BCUT2D eigenvalue weighted by atomic mass is 10.1. The Morgan fingerprint density at radius 2 is 1.55 bits per heavy atom. The number of nitrogens with zero attached hydrogens (tertiary/aromatic N) is 1. The van der Waals surface area contributed by atoms with Crippen LogP contribution in [0.3, 0.4) is 0 Å². The molecule has 0 unspecified atom stereocenters. The molecule has 0 aromatic heterocycles. The average Bonchev–Trinajstić information content (AvgIpc) is 3.12. The Morgan fingerprint density at radius 1 is 0.931 bits per heavy atom. The van der Waals surface area contributed by atoms with Crippen LogP contribution in [0.15, 0.2) is 36.4 Å². The molecule has 8 heteroatoms. The van der Waals surface area contributed by atoms with E-state index in [2.05, 4.69) is 10.6 Å². The van der Waals surface area contributed by atoms with Crippen LogP contribution in [-0.2, 0) is 16.1 Å². The predicted molar refractivity (Wildman–Crippen MR) is 108 cm³/mol. The zero-order valence-electron chi connectivity index (χ0n) is 16.6. The van der Waals surface area contributed by atoms with Gasteiger partial charge >= 0.3 is 0 Å². The van der Waals surface area contributed by atoms with Crippen LogP contribution in [-0.4, -0.2) is 36.0 Å². The summed E-state index contributed by atoms with van der Waals surface area (Å²) in [6, 6.07) is 10.4. The van der Waals surface area contributed by atoms with Crippen LogP contribution in [0.4, 0.5) is 11.4 Å². The molecule has 0 bridgehead atoms. The Morgan fingerprint density at radius 3 is 2.14 bits per heavy atom. The maximum atomic E-state index is 13.1. The first-order valence-corrected chi connectivity index (χ1v) is 9.23. The number of amides is 3. The van der Waals surface area contributed by atoms with Gasteiger partial charge in [0.15, 0.2) is 11.5 Å². The fraction of sp³-hybridized carbons (Fsp3) is 0.286. The Labute approximate surface area is 168 Å². The molecule has 3 rings (SSSR count). The molecule has 152 valence electrons. The van der Waals surface area contributed by atoms with Gasteiger partial charge in [0.1, 0.15) is 0 Å². The molecule has 2 aromatic carbocycles. The summed E-state index contributed by atoms with van der Waals surface area (Å²) in [6.07, 6.45) is 0. The molecule has 0 spiro atoms. The largest absolute Gasteiger partial charge is 0.454 e. The molecular formula is C21H23N3O5. The molecule has 0 saturated carbocycles. The second kappa shape index (κ2) is 8.64. The van der Waals surface area contributed by atoms with Gasteiger partial charge in [-0.2, -0.15) is 0 Å². The van der Waals surface area contributed by atoms with Gasteiger partial charge in [-0.3, -0.25) is 14.4 Å². The van der Waals surface area contributed by atoms with E-state index in [-0.39, 0.29) is 24.5 Å². The number of ether oxygens (including phenoxy) is 2. The number of fused-ring (bicyclic) bond motifs is 1. The average molecular weight is 397 g/mol. The van der Waals surface area contributed by atoms with Gasteiger partial charge in [0, 0.05) is 43.9 Å². The molecule has 0 atom stereocenters. The van der Waals surface area contributed by atoms with E-state index in [4.69, 9.17) is 9.47 Å². The molecular weight excluding hydrogens is 374 g/mol. The van der Waals surface area contributed by atoms with Crippen molar-refractivity contribution in [2.24, 2.45) is 0 Å². The first-order valence-electron chi connectivity index (χ1n) is 9.23. The molecule has 0 fully saturated rings. The van der Waals surface area contributed by atoms with Gasteiger partial charge in [-0.05, 0) is 42.8 Å². The van der Waals surface area contributed by atoms with E-state index in [0.717, 1.165) is 5.56 Å². The molecule has 2 aromatic rings. The summed E-state index contributed by atoms with van der Waals surface area (Å²) in [5.41, 5.74) is 2.14. The minimum atomic E-state index is -0.268. The van der Waals surface area contributed by atoms with Gasteiger partial charge in [-0.1, -0.05) is 6.07 Å². The van der Waals surface area contributed by atoms with E-state index in [1.165, 1.54) is 13.8 Å². The van der Waals surface area contributed by atoms with E-state index in [0.29, 0.717) is 41.5 Å². The highest BCUT2D eigenvalue weighted by Crippen LogP contribution is 2.33. The third-order valence-corrected chi connectivity index (χ3v) is 4.30. The van der Waals surface area contributed by atoms with E-state index in [9.17, 15) is 14.4 Å². The smallest absolute Gasteiger partial charge is 0.254 e. The highest BCUT2D eigenvalue weighted by Gasteiger charge is 2.19. The molecule has 1 aliphatic rings. The lowest BCUT2D eigenvalue weighted by Gasteiger charge is -2.22. The van der Waals surface area contributed by atoms with Crippen LogP contribution < -0.4 is 20.1 Å². The number of rotatable bonds is 6. The number of hydrogen-bond acceptors (Lipinski definition) is 5. The van der Waals surface area contributed by atoms with E-state index >= 15 is 0 Å². The summed E-state index contributed by atoms with van der Waals surface area (Å²) < 4.78 is 10.7. The fourth-order valence-electron chi connectivity index (χ4n) is 3.07. The zero-order chi connectivity index (χ0) is 21.0. The van der Waals surface area contributed by atoms with Crippen molar-refractivity contribution in [3.63, 3.8) is 0 Å². The Bertz CT molecular complexity index is 923. The van der Waals surface area contributed by atoms with Gasteiger partial charge in [-0.15, -0.1) is 0 Å². The summed E-state index contributed by atoms with van der Waals surface area (Å²) in [7, 11) is 0. The summed E-state index contributed by atoms with van der Waals surface area (Å²) >= 11 is 0. The third-order valence-electron chi connectivity index (χ3n) is 4.30. The van der Waals surface area contributed by atoms with Crippen molar-refractivity contribution in [1.82, 2.24) is 4.90 Å². The Hall–Kier alpha value is -3.55. The Kier molecular flexibility index (Phi) is 6.01. The predicted octanol–water partition coefficient (Wildman–Crippen LogP) is 2.99. The normalized spacial score (nSPS) is 11.7. The Balaban J connectivity index is 1.85. The molecule has 1 aliphatic heterocycles. The lowest BCUT2D eigenvalue weighted by Crippen LogP contribution is -2.30. The van der Waals surface area contributed by atoms with Gasteiger partial charge in [0.05, 0.1) is 0 Å². The minimum absolute atomic E-state index is 0.192. The van der Waals surface area contributed by atoms with Crippen molar-refractivity contribution in [2.75, 3.05) is 24.0 Å². The van der Waals surface area contributed by atoms with Crippen molar-refractivity contribution in [3.05, 3.63) is 47.5 Å². The van der Waals surface area contributed by atoms with E-state index < -0.39 is 0 Å². The van der Waals surface area contributed by atoms with Crippen molar-refractivity contribution in [3.8, 4) is 11.5 Å². The second-order valence-corrected chi connectivity index (χ2v) is 6.67. The van der Waals surface area contributed by atoms with Crippen LogP contribution in [0.25, 0.3) is 0 Å². The molecule has 3 amide bonds. The summed E-state index contributed by atoms with van der Waals surface area (Å²) in [5, 5.41) is 5.31. The number of hydrogen-bond donors (Lipinski definition) is 2. The minimum Gasteiger partial charge on any atom is -0.454 e. The second-order valence-electron chi connectivity index (χ2n) is 6.67.